The van der Waals surface area contributed by atoms with Crippen molar-refractivity contribution in [3.8, 4) is 5.75 Å². The average Bonchev–Trinajstić information content (AvgIpc) is 3.35. The maximum Gasteiger partial charge on any atom is 0.295 e. The summed E-state index contributed by atoms with van der Waals surface area (Å²) in [6, 6.07) is 19.1. The lowest BCUT2D eigenvalue weighted by molar-refractivity contribution is -0.384. The number of amides is 1. The van der Waals surface area contributed by atoms with Crippen LogP contribution in [-0.4, -0.2) is 32.7 Å². The van der Waals surface area contributed by atoms with Crippen molar-refractivity contribution in [3.63, 3.8) is 0 Å². The highest BCUT2D eigenvalue weighted by Gasteiger charge is 2.46. The average molecular weight is 470 g/mol. The van der Waals surface area contributed by atoms with Crippen molar-refractivity contribution in [1.82, 2.24) is 4.90 Å². The lowest BCUT2D eigenvalue weighted by Gasteiger charge is -2.25. The standard InChI is InChI=1S/C27H22N2O6/c1-16-12-20-13-19(10-11-22(20)35-16)25(30)23-24(18-8-5-9-21(14-18)29(33)34)28(27(32)26(23)31)15-17-6-3-2-4-7-17/h2-11,13-14,16,24,30H,12,15H2,1H3/t16-,24+/m1/s1. The molecule has 8 heteroatoms. The summed E-state index contributed by atoms with van der Waals surface area (Å²) in [4.78, 5) is 38.6. The van der Waals surface area contributed by atoms with Crippen LogP contribution in [-0.2, 0) is 22.6 Å². The lowest BCUT2D eigenvalue weighted by atomic mass is 9.94. The SMILES string of the molecule is C[C@@H]1Cc2cc(C(O)=C3C(=O)C(=O)N(Cc4ccccc4)[C@H]3c3cccc([N+](=O)[O-])c3)ccc2O1. The number of carbonyl (C=O) groups is 2. The molecule has 2 heterocycles. The van der Waals surface area contributed by atoms with Gasteiger partial charge in [0.25, 0.3) is 17.4 Å². The van der Waals surface area contributed by atoms with Gasteiger partial charge in [0.1, 0.15) is 17.6 Å². The summed E-state index contributed by atoms with van der Waals surface area (Å²) in [5.41, 5.74) is 2.17. The first-order valence-electron chi connectivity index (χ1n) is 11.2. The second kappa shape index (κ2) is 8.72. The fourth-order valence-corrected chi connectivity index (χ4v) is 4.70. The normalized spacial score (nSPS) is 20.5. The topological polar surface area (TPSA) is 110 Å². The Morgan fingerprint density at radius 3 is 2.60 bits per heavy atom. The molecule has 0 aromatic heterocycles. The predicted octanol–water partition coefficient (Wildman–Crippen LogP) is 4.54. The van der Waals surface area contributed by atoms with Gasteiger partial charge in [-0.1, -0.05) is 42.5 Å². The van der Waals surface area contributed by atoms with Crippen LogP contribution in [0.25, 0.3) is 5.76 Å². The van der Waals surface area contributed by atoms with Gasteiger partial charge in [-0.3, -0.25) is 19.7 Å². The zero-order chi connectivity index (χ0) is 24.7. The minimum absolute atomic E-state index is 0.00344. The van der Waals surface area contributed by atoms with E-state index in [9.17, 15) is 24.8 Å². The van der Waals surface area contributed by atoms with E-state index in [4.69, 9.17) is 4.74 Å². The third-order valence-corrected chi connectivity index (χ3v) is 6.30. The summed E-state index contributed by atoms with van der Waals surface area (Å²) in [5, 5.41) is 22.7. The van der Waals surface area contributed by atoms with E-state index in [1.165, 1.54) is 23.1 Å². The van der Waals surface area contributed by atoms with Gasteiger partial charge >= 0.3 is 0 Å². The van der Waals surface area contributed by atoms with Crippen molar-refractivity contribution in [2.75, 3.05) is 0 Å². The molecule has 2 atom stereocenters. The van der Waals surface area contributed by atoms with Crippen molar-refractivity contribution in [2.45, 2.75) is 32.0 Å². The van der Waals surface area contributed by atoms with Crippen molar-refractivity contribution < 1.29 is 24.4 Å². The first kappa shape index (κ1) is 22.3. The number of nitro groups is 1. The minimum atomic E-state index is -0.987. The molecule has 176 valence electrons. The largest absolute Gasteiger partial charge is 0.507 e. The summed E-state index contributed by atoms with van der Waals surface area (Å²) < 4.78 is 5.72. The molecule has 5 rings (SSSR count). The van der Waals surface area contributed by atoms with Crippen molar-refractivity contribution in [1.29, 1.82) is 0 Å². The number of aliphatic hydroxyl groups is 1. The number of benzene rings is 3. The molecule has 1 N–H and O–H groups in total. The molecule has 2 aliphatic heterocycles. The molecule has 8 nitrogen and oxygen atoms in total. The van der Waals surface area contributed by atoms with Gasteiger partial charge in [-0.25, -0.2) is 0 Å². The number of hydrogen-bond donors (Lipinski definition) is 1. The van der Waals surface area contributed by atoms with Crippen molar-refractivity contribution in [3.05, 3.63) is 111 Å². The third kappa shape index (κ3) is 4.03. The third-order valence-electron chi connectivity index (χ3n) is 6.30. The summed E-state index contributed by atoms with van der Waals surface area (Å²) >= 11 is 0. The summed E-state index contributed by atoms with van der Waals surface area (Å²) in [6.45, 7) is 2.04. The van der Waals surface area contributed by atoms with E-state index in [-0.39, 0.29) is 29.7 Å². The number of nitro benzene ring substituents is 1. The number of carbonyl (C=O) groups excluding carboxylic acids is 2. The van der Waals surface area contributed by atoms with Crippen LogP contribution in [0.5, 0.6) is 5.75 Å². The van der Waals surface area contributed by atoms with Gasteiger partial charge < -0.3 is 14.7 Å². The Morgan fingerprint density at radius 1 is 1.09 bits per heavy atom. The Hall–Kier alpha value is -4.46. The molecule has 0 unspecified atom stereocenters. The first-order valence-corrected chi connectivity index (χ1v) is 11.2. The Balaban J connectivity index is 1.65. The Morgan fingerprint density at radius 2 is 1.86 bits per heavy atom. The summed E-state index contributed by atoms with van der Waals surface area (Å²) in [7, 11) is 0. The molecule has 0 saturated carbocycles. The highest BCUT2D eigenvalue weighted by Crippen LogP contribution is 2.42. The molecule has 1 fully saturated rings. The number of fused-ring (bicyclic) bond motifs is 1. The second-order valence-electron chi connectivity index (χ2n) is 8.72. The van der Waals surface area contributed by atoms with Crippen LogP contribution in [0.1, 0.15) is 35.2 Å². The number of Topliss-reactive ketones (excluding diaryl/α,β-unsaturated/α-hetero) is 1. The van der Waals surface area contributed by atoms with Crippen LogP contribution in [0, 0.1) is 10.1 Å². The fourth-order valence-electron chi connectivity index (χ4n) is 4.70. The van der Waals surface area contributed by atoms with Gasteiger partial charge in [0.15, 0.2) is 0 Å². The number of nitrogens with zero attached hydrogens (tertiary/aromatic N) is 2. The zero-order valence-corrected chi connectivity index (χ0v) is 18.9. The quantitative estimate of drug-likeness (QED) is 0.193. The second-order valence-corrected chi connectivity index (χ2v) is 8.72. The van der Waals surface area contributed by atoms with Crippen molar-refractivity contribution in [2.24, 2.45) is 0 Å². The Labute approximate surface area is 201 Å². The maximum absolute atomic E-state index is 13.2. The van der Waals surface area contributed by atoms with Crippen LogP contribution in [0.15, 0.2) is 78.4 Å². The van der Waals surface area contributed by atoms with Crippen LogP contribution in [0.4, 0.5) is 5.69 Å². The van der Waals surface area contributed by atoms with E-state index in [1.54, 1.807) is 24.3 Å². The Kier molecular flexibility index (Phi) is 5.56. The molecule has 35 heavy (non-hydrogen) atoms. The van der Waals surface area contributed by atoms with Crippen molar-refractivity contribution >= 4 is 23.1 Å². The molecule has 2 aliphatic rings. The van der Waals surface area contributed by atoms with Gasteiger partial charge in [0, 0.05) is 30.7 Å². The van der Waals surface area contributed by atoms with E-state index in [0.29, 0.717) is 23.3 Å². The molecule has 3 aromatic rings. The van der Waals surface area contributed by atoms with Crippen LogP contribution >= 0.6 is 0 Å². The fraction of sp³-hybridized carbons (Fsp3) is 0.185. The maximum atomic E-state index is 13.2. The van der Waals surface area contributed by atoms with E-state index in [2.05, 4.69) is 0 Å². The van der Waals surface area contributed by atoms with Crippen LogP contribution in [0.3, 0.4) is 0 Å². The predicted molar refractivity (Wildman–Crippen MR) is 128 cm³/mol. The number of likely N-dealkylation sites (tertiary alicyclic amines) is 1. The first-order chi connectivity index (χ1) is 16.8. The number of non-ortho nitro benzene ring substituents is 1. The monoisotopic (exact) mass is 470 g/mol. The molecular formula is C27H22N2O6. The smallest absolute Gasteiger partial charge is 0.295 e. The summed E-state index contributed by atoms with van der Waals surface area (Å²) in [6.07, 6.45) is 0.663. The van der Waals surface area contributed by atoms with E-state index in [0.717, 1.165) is 11.1 Å². The van der Waals surface area contributed by atoms with Crippen LogP contribution in [0.2, 0.25) is 0 Å². The Bertz CT molecular complexity index is 1380. The molecule has 1 saturated heterocycles. The molecule has 1 amide bonds. The highest BCUT2D eigenvalue weighted by atomic mass is 16.6. The zero-order valence-electron chi connectivity index (χ0n) is 18.9. The van der Waals surface area contributed by atoms with Gasteiger partial charge in [0.2, 0.25) is 0 Å². The molecule has 3 aromatic carbocycles. The molecule has 0 bridgehead atoms. The van der Waals surface area contributed by atoms with E-state index < -0.39 is 22.7 Å². The number of aliphatic hydroxyl groups excluding tert-OH is 1. The van der Waals surface area contributed by atoms with Gasteiger partial charge in [-0.15, -0.1) is 0 Å². The summed E-state index contributed by atoms with van der Waals surface area (Å²) in [5.74, 6) is -1.21. The van der Waals surface area contributed by atoms with Gasteiger partial charge in [-0.05, 0) is 41.8 Å². The van der Waals surface area contributed by atoms with E-state index >= 15 is 0 Å². The molecule has 0 spiro atoms. The number of ether oxygens (including phenoxy) is 1. The number of hydrogen-bond acceptors (Lipinski definition) is 6. The highest BCUT2D eigenvalue weighted by molar-refractivity contribution is 6.46. The molecular weight excluding hydrogens is 448 g/mol. The van der Waals surface area contributed by atoms with Crippen LogP contribution < -0.4 is 4.74 Å². The number of rotatable bonds is 5. The van der Waals surface area contributed by atoms with E-state index in [1.807, 2.05) is 37.3 Å². The van der Waals surface area contributed by atoms with Gasteiger partial charge in [0.05, 0.1) is 16.5 Å². The lowest BCUT2D eigenvalue weighted by Crippen LogP contribution is -2.29. The van der Waals surface area contributed by atoms with Gasteiger partial charge in [-0.2, -0.15) is 0 Å². The minimum Gasteiger partial charge on any atom is -0.507 e. The number of ketones is 1. The molecule has 0 radical (unpaired) electrons. The molecule has 0 aliphatic carbocycles.